The van der Waals surface area contributed by atoms with Gasteiger partial charge in [-0.3, -0.25) is 0 Å². The predicted octanol–water partition coefficient (Wildman–Crippen LogP) is 21.1. The van der Waals surface area contributed by atoms with Gasteiger partial charge < -0.3 is 0 Å². The maximum absolute atomic E-state index is 2.38. The van der Waals surface area contributed by atoms with E-state index in [1.165, 1.54) is 137 Å². The first kappa shape index (κ1) is 51.3. The number of aryl methyl sites for hydroxylation is 3. The largest absolute Gasteiger partial charge is 0.0844 e. The van der Waals surface area contributed by atoms with Gasteiger partial charge in [0.15, 0.2) is 0 Å². The molecule has 0 heterocycles. The van der Waals surface area contributed by atoms with Crippen LogP contribution in [0.5, 0.6) is 0 Å². The second-order valence-electron chi connectivity index (χ2n) is 18.3. The van der Waals surface area contributed by atoms with Crippen molar-refractivity contribution >= 4 is 43.5 Å². The summed E-state index contributed by atoms with van der Waals surface area (Å²) < 4.78 is 0. The molecule has 0 aliphatic heterocycles. The zero-order valence-corrected chi connectivity index (χ0v) is 43.3. The molecule has 0 unspecified atom stereocenters. The second kappa shape index (κ2) is 26.4. The summed E-state index contributed by atoms with van der Waals surface area (Å²) in [6.07, 6.45) is 33.6. The van der Waals surface area contributed by atoms with Gasteiger partial charge in [0, 0.05) is 0 Å². The van der Waals surface area contributed by atoms with Crippen LogP contribution in [0.3, 0.4) is 0 Å². The van der Waals surface area contributed by atoms with E-state index in [2.05, 4.69) is 271 Å². The van der Waals surface area contributed by atoms with Gasteiger partial charge in [-0.2, -0.15) is 0 Å². The lowest BCUT2D eigenvalue weighted by Crippen LogP contribution is -1.90. The minimum Gasteiger partial charge on any atom is -0.0844 e. The average molecular weight is 925 g/mol. The number of hydrogen-bond donors (Lipinski definition) is 0. The lowest BCUT2D eigenvalue weighted by molar-refractivity contribution is 0.876. The van der Waals surface area contributed by atoms with Gasteiger partial charge in [0.2, 0.25) is 0 Å². The summed E-state index contributed by atoms with van der Waals surface area (Å²) in [6, 6.07) is 58.8. The SMILES string of the molecule is C/C=C(/C)C1=CC=CCC1.CC.Cc1cc(C2=CCCCC=C2)cc(C2=CC=CC=CC2)c1.Cc1ccc(-c2ccccc2)cc1-c1ccccc1.Cc1ccc2c3ccccc3c3ccccc3c2c1. The smallest absolute Gasteiger partial charge is 0.00884 e. The Kier molecular flexibility index (Phi) is 19.1. The van der Waals surface area contributed by atoms with Crippen LogP contribution in [-0.4, -0.2) is 0 Å². The fraction of sp³-hybridized carbons (Fsp3) is 0.183. The summed E-state index contributed by atoms with van der Waals surface area (Å²) in [5.74, 6) is 0. The fourth-order valence-corrected chi connectivity index (χ4v) is 9.41. The Morgan fingerprint density at radius 1 is 0.451 bits per heavy atom. The van der Waals surface area contributed by atoms with Gasteiger partial charge in [-0.05, 0) is 179 Å². The van der Waals surface area contributed by atoms with Gasteiger partial charge in [-0.15, -0.1) is 0 Å². The third-order valence-corrected chi connectivity index (χ3v) is 13.3. The molecular weight excluding hydrogens is 853 g/mol. The molecule has 356 valence electrons. The fourth-order valence-electron chi connectivity index (χ4n) is 9.41. The predicted molar refractivity (Wildman–Crippen MR) is 316 cm³/mol. The van der Waals surface area contributed by atoms with Gasteiger partial charge in [-0.25, -0.2) is 0 Å². The topological polar surface area (TPSA) is 0 Å². The van der Waals surface area contributed by atoms with Crippen LogP contribution in [0.1, 0.15) is 94.0 Å². The zero-order chi connectivity index (χ0) is 49.8. The molecule has 0 heteroatoms. The lowest BCUT2D eigenvalue weighted by Gasteiger charge is -2.10. The van der Waals surface area contributed by atoms with E-state index in [9.17, 15) is 0 Å². The van der Waals surface area contributed by atoms with Crippen LogP contribution < -0.4 is 0 Å². The van der Waals surface area contributed by atoms with Crippen molar-refractivity contribution in [3.63, 3.8) is 0 Å². The summed E-state index contributed by atoms with van der Waals surface area (Å²) in [4.78, 5) is 0. The molecule has 71 heavy (non-hydrogen) atoms. The highest BCUT2D eigenvalue weighted by Crippen LogP contribution is 2.36. The first-order valence-electron chi connectivity index (χ1n) is 25.9. The van der Waals surface area contributed by atoms with Crippen LogP contribution in [0.15, 0.2) is 248 Å². The van der Waals surface area contributed by atoms with Gasteiger partial charge in [-0.1, -0.05) is 250 Å². The highest BCUT2D eigenvalue weighted by molar-refractivity contribution is 6.25. The quantitative estimate of drug-likeness (QED) is 0.151. The third kappa shape index (κ3) is 13.8. The van der Waals surface area contributed by atoms with Crippen molar-refractivity contribution in [2.24, 2.45) is 0 Å². The van der Waals surface area contributed by atoms with E-state index in [-0.39, 0.29) is 0 Å². The molecule has 3 aliphatic rings. The Balaban J connectivity index is 0.000000141. The van der Waals surface area contributed by atoms with Crippen LogP contribution in [0.4, 0.5) is 0 Å². The lowest BCUT2D eigenvalue weighted by atomic mass is 9.93. The number of fused-ring (bicyclic) bond motifs is 6. The van der Waals surface area contributed by atoms with Crippen molar-refractivity contribution in [2.75, 3.05) is 0 Å². The van der Waals surface area contributed by atoms with E-state index in [4.69, 9.17) is 0 Å². The molecule has 0 atom stereocenters. The Bertz CT molecular complexity index is 3250. The molecular formula is C71H72. The van der Waals surface area contributed by atoms with Crippen molar-refractivity contribution < 1.29 is 0 Å². The second-order valence-corrected chi connectivity index (χ2v) is 18.3. The van der Waals surface area contributed by atoms with Crippen LogP contribution in [0, 0.1) is 20.8 Å². The molecule has 0 aromatic heterocycles. The van der Waals surface area contributed by atoms with Crippen LogP contribution >= 0.6 is 0 Å². The van der Waals surface area contributed by atoms with Crippen molar-refractivity contribution in [1.82, 2.24) is 0 Å². The first-order chi connectivity index (χ1) is 34.9. The summed E-state index contributed by atoms with van der Waals surface area (Å²) >= 11 is 0. The molecule has 0 N–H and O–H groups in total. The summed E-state index contributed by atoms with van der Waals surface area (Å²) in [5, 5.41) is 8.08. The first-order valence-corrected chi connectivity index (χ1v) is 25.9. The van der Waals surface area contributed by atoms with Crippen molar-refractivity contribution in [1.29, 1.82) is 0 Å². The van der Waals surface area contributed by atoms with E-state index in [1.807, 2.05) is 13.8 Å². The molecule has 3 aliphatic carbocycles. The van der Waals surface area contributed by atoms with E-state index in [0.717, 1.165) is 6.42 Å². The number of rotatable bonds is 5. The molecule has 0 saturated carbocycles. The molecule has 0 amide bonds. The van der Waals surface area contributed by atoms with E-state index in [0.29, 0.717) is 0 Å². The molecule has 0 nitrogen and oxygen atoms in total. The summed E-state index contributed by atoms with van der Waals surface area (Å²) in [5.41, 5.74) is 17.4. The third-order valence-electron chi connectivity index (χ3n) is 13.3. The number of benzene rings is 8. The van der Waals surface area contributed by atoms with Crippen LogP contribution in [0.25, 0.3) is 65.7 Å². The average Bonchev–Trinajstić information content (AvgIpc) is 3.90. The summed E-state index contributed by atoms with van der Waals surface area (Å²) in [6.45, 7) is 14.8. The standard InChI is InChI=1S/C21H22.C19H14.C19H16.C10H14.C2H6/c1-17-14-20(18-10-6-2-3-7-11-18)16-21(15-17)19-12-8-4-5-9-13-19;1-13-10-11-18-16-8-3-2-6-14(16)15-7-4-5-9-17(15)19(18)12-13;1-15-12-13-18(16-8-4-2-5-9-16)14-19(15)17-10-6-3-7-11-17;1-3-9(2)10-7-5-4-6-8-10;1-2/h2-3,6-8,10,12-16H,4-5,9,11H2,1H3;2-12H,1H3;2-14H,1H3;3-5,7H,6,8H2,1-2H3;1-2H3/b;;;9-3-;. The molecule has 0 radical (unpaired) electrons. The molecule has 0 fully saturated rings. The van der Waals surface area contributed by atoms with Crippen molar-refractivity contribution in [3.05, 3.63) is 276 Å². The monoisotopic (exact) mass is 925 g/mol. The molecule has 8 aromatic carbocycles. The highest BCUT2D eigenvalue weighted by Gasteiger charge is 2.10. The maximum Gasteiger partial charge on any atom is -0.00884 e. The van der Waals surface area contributed by atoms with E-state index in [1.54, 1.807) is 0 Å². The normalized spacial score (nSPS) is 13.9. The van der Waals surface area contributed by atoms with Gasteiger partial charge in [0.25, 0.3) is 0 Å². The molecule has 0 bridgehead atoms. The number of allylic oxidation sites excluding steroid dienone is 16. The Hall–Kier alpha value is -7.54. The van der Waals surface area contributed by atoms with E-state index >= 15 is 0 Å². The Morgan fingerprint density at radius 2 is 1.08 bits per heavy atom. The maximum atomic E-state index is 2.38. The van der Waals surface area contributed by atoms with E-state index < -0.39 is 0 Å². The van der Waals surface area contributed by atoms with Crippen molar-refractivity contribution in [3.8, 4) is 22.3 Å². The molecule has 8 aromatic rings. The Morgan fingerprint density at radius 3 is 1.75 bits per heavy atom. The number of hydrogen-bond acceptors (Lipinski definition) is 0. The van der Waals surface area contributed by atoms with Crippen LogP contribution in [0.2, 0.25) is 0 Å². The van der Waals surface area contributed by atoms with Gasteiger partial charge >= 0.3 is 0 Å². The zero-order valence-electron chi connectivity index (χ0n) is 43.3. The molecule has 0 saturated heterocycles. The Labute approximate surface area is 426 Å². The minimum atomic E-state index is 1.00. The van der Waals surface area contributed by atoms with Gasteiger partial charge in [0.05, 0.1) is 0 Å². The highest BCUT2D eigenvalue weighted by atomic mass is 14.1. The minimum absolute atomic E-state index is 1.00. The van der Waals surface area contributed by atoms with Crippen LogP contribution in [-0.2, 0) is 0 Å². The molecule has 0 spiro atoms. The van der Waals surface area contributed by atoms with Crippen molar-refractivity contribution in [2.45, 2.75) is 87.0 Å². The van der Waals surface area contributed by atoms with Gasteiger partial charge in [0.1, 0.15) is 0 Å². The summed E-state index contributed by atoms with van der Waals surface area (Å²) in [7, 11) is 0. The molecule has 11 rings (SSSR count).